The number of rotatable bonds is 0. The first-order valence-electron chi connectivity index (χ1n) is 2.89. The molecule has 0 aromatic heterocycles. The zero-order valence-electron chi connectivity index (χ0n) is 4.78. The van der Waals surface area contributed by atoms with Gasteiger partial charge in [-0.2, -0.15) is 5.11 Å². The molecule has 0 saturated heterocycles. The maximum Gasteiger partial charge on any atom is 0.144 e. The first kappa shape index (κ1) is 4.90. The Labute approximate surface area is 53.0 Å². The lowest BCUT2D eigenvalue weighted by Crippen LogP contribution is -2.32. The summed E-state index contributed by atoms with van der Waals surface area (Å²) in [4.78, 5) is 3.86. The Hall–Kier alpha value is -0.930. The van der Waals surface area contributed by atoms with Crippen molar-refractivity contribution in [1.82, 2.24) is 5.43 Å². The van der Waals surface area contributed by atoms with Gasteiger partial charge in [-0.1, -0.05) is 5.22 Å². The summed E-state index contributed by atoms with van der Waals surface area (Å²) < 4.78 is 0. The van der Waals surface area contributed by atoms with E-state index in [-0.39, 0.29) is 12.1 Å². The summed E-state index contributed by atoms with van der Waals surface area (Å²) in [7, 11) is 0. The molecule has 1 N–H and O–H groups in total. The number of fused-ring (bicyclic) bond motifs is 1. The minimum absolute atomic E-state index is 0.134. The minimum Gasteiger partial charge on any atom is -0.284 e. The molecular weight excluding hydrogens is 116 g/mol. The first-order valence-corrected chi connectivity index (χ1v) is 2.89. The topological polar surface area (TPSA) is 49.1 Å². The van der Waals surface area contributed by atoms with E-state index in [1.807, 2.05) is 6.21 Å². The quantitative estimate of drug-likeness (QED) is 0.490. The predicted octanol–water partition coefficient (Wildman–Crippen LogP) is 0.207. The molecule has 0 spiro atoms. The lowest BCUT2D eigenvalue weighted by Gasteiger charge is -2.14. The molecule has 4 nitrogen and oxygen atoms in total. The molecule has 0 aromatic rings. The van der Waals surface area contributed by atoms with Gasteiger partial charge in [-0.15, -0.1) is 0 Å². The molecule has 0 aliphatic carbocycles. The van der Waals surface area contributed by atoms with Crippen LogP contribution in [0.25, 0.3) is 0 Å². The summed E-state index contributed by atoms with van der Waals surface area (Å²) in [6, 6.07) is 0.387. The van der Waals surface area contributed by atoms with Gasteiger partial charge in [-0.05, 0) is 0 Å². The molecule has 0 bridgehead atoms. The van der Waals surface area contributed by atoms with Gasteiger partial charge in [0.05, 0.1) is 0 Å². The molecule has 2 aliphatic rings. The highest BCUT2D eigenvalue weighted by molar-refractivity contribution is 5.60. The third-order valence-corrected chi connectivity index (χ3v) is 1.44. The first-order chi connectivity index (χ1) is 4.47. The van der Waals surface area contributed by atoms with Crippen molar-refractivity contribution in [3.63, 3.8) is 0 Å². The molecule has 2 rings (SSSR count). The van der Waals surface area contributed by atoms with Crippen LogP contribution in [0.3, 0.4) is 0 Å². The largest absolute Gasteiger partial charge is 0.284 e. The van der Waals surface area contributed by atoms with Crippen LogP contribution in [0.1, 0.15) is 6.42 Å². The molecule has 0 amide bonds. The van der Waals surface area contributed by atoms with Gasteiger partial charge < -0.3 is 0 Å². The van der Waals surface area contributed by atoms with Crippen molar-refractivity contribution in [3.05, 3.63) is 6.54 Å². The average molecular weight is 122 g/mol. The summed E-state index contributed by atoms with van der Waals surface area (Å²) in [5.74, 6) is 0. The molecule has 2 atom stereocenters. The predicted molar refractivity (Wildman–Crippen MR) is 31.9 cm³/mol. The number of nitrogens with zero attached hydrogens (tertiary/aromatic N) is 3. The summed E-state index contributed by atoms with van der Waals surface area (Å²) in [5.41, 5.74) is 2.79. The lowest BCUT2D eigenvalue weighted by atomic mass is 10.1. The SMILES string of the molecule is [C]1N=CCC2N=NNC12. The van der Waals surface area contributed by atoms with Crippen LogP contribution in [0.4, 0.5) is 0 Å². The third kappa shape index (κ3) is 0.704. The number of nitrogens with one attached hydrogen (secondary N) is 1. The fraction of sp³-hybridized carbons (Fsp3) is 0.600. The van der Waals surface area contributed by atoms with E-state index in [9.17, 15) is 0 Å². The molecule has 2 radical (unpaired) electrons. The van der Waals surface area contributed by atoms with Crippen molar-refractivity contribution >= 4 is 6.21 Å². The Balaban J connectivity index is 2.13. The van der Waals surface area contributed by atoms with Gasteiger partial charge in [0.15, 0.2) is 0 Å². The monoisotopic (exact) mass is 122 g/mol. The van der Waals surface area contributed by atoms with Crippen molar-refractivity contribution < 1.29 is 0 Å². The van der Waals surface area contributed by atoms with E-state index in [2.05, 4.69) is 27.3 Å². The van der Waals surface area contributed by atoms with Crippen LogP contribution in [-0.4, -0.2) is 18.3 Å². The van der Waals surface area contributed by atoms with Gasteiger partial charge in [-0.3, -0.25) is 10.4 Å². The van der Waals surface area contributed by atoms with E-state index in [1.165, 1.54) is 0 Å². The summed E-state index contributed by atoms with van der Waals surface area (Å²) >= 11 is 0. The van der Waals surface area contributed by atoms with E-state index in [1.54, 1.807) is 0 Å². The molecule has 46 valence electrons. The van der Waals surface area contributed by atoms with Crippen LogP contribution in [0, 0.1) is 6.54 Å². The smallest absolute Gasteiger partial charge is 0.144 e. The van der Waals surface area contributed by atoms with Gasteiger partial charge in [-0.25, -0.2) is 0 Å². The number of aliphatic imine (C=N–C) groups is 1. The Bertz CT molecular complexity index is 162. The molecule has 2 heterocycles. The van der Waals surface area contributed by atoms with E-state index >= 15 is 0 Å². The minimum atomic E-state index is 0.134. The Morgan fingerprint density at radius 2 is 2.67 bits per heavy atom. The van der Waals surface area contributed by atoms with Crippen LogP contribution < -0.4 is 5.43 Å². The highest BCUT2D eigenvalue weighted by Gasteiger charge is 2.27. The van der Waals surface area contributed by atoms with E-state index < -0.39 is 0 Å². The highest BCUT2D eigenvalue weighted by atomic mass is 15.5. The summed E-state index contributed by atoms with van der Waals surface area (Å²) in [6.07, 6.45) is 2.70. The molecule has 2 aliphatic heterocycles. The molecule has 2 unspecified atom stereocenters. The van der Waals surface area contributed by atoms with Gasteiger partial charge in [0.25, 0.3) is 0 Å². The van der Waals surface area contributed by atoms with Crippen LogP contribution >= 0.6 is 0 Å². The summed E-state index contributed by atoms with van der Waals surface area (Å²) in [6.45, 7) is 2.85. The van der Waals surface area contributed by atoms with Gasteiger partial charge in [0.2, 0.25) is 0 Å². The number of hydrogen-bond acceptors (Lipinski definition) is 4. The summed E-state index contributed by atoms with van der Waals surface area (Å²) in [5, 5.41) is 7.58. The fourth-order valence-electron chi connectivity index (χ4n) is 0.914. The number of hydrogen-bond donors (Lipinski definition) is 1. The maximum absolute atomic E-state index is 3.92. The van der Waals surface area contributed by atoms with Gasteiger partial charge >= 0.3 is 0 Å². The third-order valence-electron chi connectivity index (χ3n) is 1.44. The van der Waals surface area contributed by atoms with Crippen molar-refractivity contribution in [2.45, 2.75) is 18.5 Å². The normalized spacial score (nSPS) is 38.2. The Morgan fingerprint density at radius 1 is 1.67 bits per heavy atom. The van der Waals surface area contributed by atoms with Crippen molar-refractivity contribution in [2.75, 3.05) is 0 Å². The molecule has 0 fully saturated rings. The van der Waals surface area contributed by atoms with Crippen LogP contribution in [0.2, 0.25) is 0 Å². The average Bonchev–Trinajstić information content (AvgIpc) is 2.33. The molecule has 4 heteroatoms. The van der Waals surface area contributed by atoms with Crippen LogP contribution in [0.15, 0.2) is 15.3 Å². The Kier molecular flexibility index (Phi) is 0.974. The maximum atomic E-state index is 3.92. The second kappa shape index (κ2) is 1.79. The van der Waals surface area contributed by atoms with Crippen molar-refractivity contribution in [2.24, 2.45) is 15.3 Å². The highest BCUT2D eigenvalue weighted by Crippen LogP contribution is 2.15. The molecule has 9 heavy (non-hydrogen) atoms. The zero-order valence-corrected chi connectivity index (χ0v) is 4.78. The lowest BCUT2D eigenvalue weighted by molar-refractivity contribution is 0.561. The van der Waals surface area contributed by atoms with Crippen LogP contribution in [0.5, 0.6) is 0 Å². The fourth-order valence-corrected chi connectivity index (χ4v) is 0.914. The second-order valence-electron chi connectivity index (χ2n) is 2.07. The van der Waals surface area contributed by atoms with Gasteiger partial charge in [0, 0.05) is 12.6 Å². The van der Waals surface area contributed by atoms with Crippen molar-refractivity contribution in [1.29, 1.82) is 0 Å². The van der Waals surface area contributed by atoms with E-state index in [0.29, 0.717) is 0 Å². The van der Waals surface area contributed by atoms with Crippen LogP contribution in [-0.2, 0) is 0 Å². The molecule has 0 aromatic carbocycles. The van der Waals surface area contributed by atoms with E-state index in [0.717, 1.165) is 6.42 Å². The van der Waals surface area contributed by atoms with Gasteiger partial charge in [0.1, 0.15) is 18.6 Å². The Morgan fingerprint density at radius 3 is 3.56 bits per heavy atom. The molecule has 0 saturated carbocycles. The standard InChI is InChI=1S/C5H6N4/c1-2-6-3-5-4(1)7-9-8-5/h2,4-5H,1H2,(H,7,8). The van der Waals surface area contributed by atoms with E-state index in [4.69, 9.17) is 0 Å². The molecular formula is C5H6N4. The second-order valence-corrected chi connectivity index (χ2v) is 2.07. The van der Waals surface area contributed by atoms with Crippen molar-refractivity contribution in [3.8, 4) is 0 Å². The zero-order chi connectivity index (χ0) is 6.10.